The summed E-state index contributed by atoms with van der Waals surface area (Å²) in [6.45, 7) is 3.94. The highest BCUT2D eigenvalue weighted by atomic mass is 16.2. The number of hydrogen-bond donors (Lipinski definition) is 1. The molecule has 1 aliphatic rings. The third kappa shape index (κ3) is 4.94. The summed E-state index contributed by atoms with van der Waals surface area (Å²) in [6, 6.07) is 16.8. The number of benzene rings is 2. The molecule has 2 aromatic carbocycles. The molecule has 7 nitrogen and oxygen atoms in total. The summed E-state index contributed by atoms with van der Waals surface area (Å²) in [5.74, 6) is -0.256. The van der Waals surface area contributed by atoms with Gasteiger partial charge < -0.3 is 10.2 Å². The van der Waals surface area contributed by atoms with Gasteiger partial charge in [0.2, 0.25) is 5.91 Å². The number of aromatic nitrogens is 2. The van der Waals surface area contributed by atoms with E-state index in [4.69, 9.17) is 0 Å². The molecular weight excluding hydrogens is 392 g/mol. The minimum atomic E-state index is -0.679. The maximum atomic E-state index is 12.9. The summed E-state index contributed by atoms with van der Waals surface area (Å²) >= 11 is 0. The van der Waals surface area contributed by atoms with E-state index < -0.39 is 11.1 Å². The highest BCUT2D eigenvalue weighted by Gasteiger charge is 2.16. The average Bonchev–Trinajstić information content (AvgIpc) is 3.31. The van der Waals surface area contributed by atoms with Crippen molar-refractivity contribution in [2.45, 2.75) is 32.4 Å². The van der Waals surface area contributed by atoms with Gasteiger partial charge in [-0.2, -0.15) is 0 Å². The van der Waals surface area contributed by atoms with Gasteiger partial charge in [-0.3, -0.25) is 23.5 Å². The second-order valence-electron chi connectivity index (χ2n) is 8.01. The largest absolute Gasteiger partial charge is 0.355 e. The molecule has 4 rings (SSSR count). The molecule has 3 aromatic rings. The standard InChI is InChI=1S/C24H28N4O3/c29-22(25-13-8-16-26-14-6-7-15-26)18-28-21-12-5-4-11-20(21)27(23(30)24(28)31)17-19-9-2-1-3-10-19/h1-5,9-12H,6-8,13-18H2,(H,25,29). The van der Waals surface area contributed by atoms with E-state index in [-0.39, 0.29) is 12.5 Å². The van der Waals surface area contributed by atoms with Gasteiger partial charge in [-0.15, -0.1) is 0 Å². The van der Waals surface area contributed by atoms with Gasteiger partial charge in [-0.05, 0) is 56.6 Å². The zero-order valence-corrected chi connectivity index (χ0v) is 17.6. The third-order valence-electron chi connectivity index (χ3n) is 5.79. The first-order chi connectivity index (χ1) is 15.1. The fourth-order valence-corrected chi connectivity index (χ4v) is 4.19. The number of likely N-dealkylation sites (tertiary alicyclic amines) is 1. The Labute approximate surface area is 180 Å². The van der Waals surface area contributed by atoms with E-state index >= 15 is 0 Å². The Balaban J connectivity index is 1.52. The number of hydrogen-bond acceptors (Lipinski definition) is 4. The quantitative estimate of drug-likeness (QED) is 0.446. The predicted octanol–water partition coefficient (Wildman–Crippen LogP) is 1.81. The summed E-state index contributed by atoms with van der Waals surface area (Å²) in [5, 5.41) is 2.89. The number of carbonyl (C=O) groups is 1. The number of amides is 1. The van der Waals surface area contributed by atoms with E-state index in [2.05, 4.69) is 10.2 Å². The first-order valence-corrected chi connectivity index (χ1v) is 10.9. The van der Waals surface area contributed by atoms with Crippen LogP contribution in [0, 0.1) is 0 Å². The molecule has 1 aromatic heterocycles. The molecular formula is C24H28N4O3. The van der Waals surface area contributed by atoms with E-state index in [0.717, 1.165) is 31.6 Å². The minimum Gasteiger partial charge on any atom is -0.355 e. The molecule has 31 heavy (non-hydrogen) atoms. The van der Waals surface area contributed by atoms with Crippen LogP contribution in [0.5, 0.6) is 0 Å². The van der Waals surface area contributed by atoms with Crippen molar-refractivity contribution >= 4 is 16.9 Å². The van der Waals surface area contributed by atoms with Gasteiger partial charge in [-0.25, -0.2) is 0 Å². The second-order valence-corrected chi connectivity index (χ2v) is 8.01. The van der Waals surface area contributed by atoms with Crippen LogP contribution in [0.3, 0.4) is 0 Å². The first-order valence-electron chi connectivity index (χ1n) is 10.9. The molecule has 0 unspecified atom stereocenters. The zero-order chi connectivity index (χ0) is 21.6. The normalized spacial score (nSPS) is 14.2. The van der Waals surface area contributed by atoms with Crippen LogP contribution in [-0.4, -0.2) is 46.1 Å². The van der Waals surface area contributed by atoms with Gasteiger partial charge in [-0.1, -0.05) is 42.5 Å². The Kier molecular flexibility index (Phi) is 6.62. The molecule has 0 aliphatic carbocycles. The van der Waals surface area contributed by atoms with Gasteiger partial charge >= 0.3 is 11.1 Å². The lowest BCUT2D eigenvalue weighted by atomic mass is 10.2. The van der Waals surface area contributed by atoms with E-state index in [1.165, 1.54) is 22.0 Å². The van der Waals surface area contributed by atoms with Crippen LogP contribution in [-0.2, 0) is 17.9 Å². The Hall–Kier alpha value is -3.19. The van der Waals surface area contributed by atoms with Crippen LogP contribution in [0.2, 0.25) is 0 Å². The van der Waals surface area contributed by atoms with Crippen molar-refractivity contribution in [2.75, 3.05) is 26.2 Å². The van der Waals surface area contributed by atoms with Crippen LogP contribution >= 0.6 is 0 Å². The molecule has 1 saturated heterocycles. The maximum Gasteiger partial charge on any atom is 0.317 e. The van der Waals surface area contributed by atoms with Crippen molar-refractivity contribution in [2.24, 2.45) is 0 Å². The Morgan fingerprint density at radius 3 is 2.16 bits per heavy atom. The molecule has 0 atom stereocenters. The molecule has 1 N–H and O–H groups in total. The Morgan fingerprint density at radius 1 is 0.839 bits per heavy atom. The maximum absolute atomic E-state index is 12.9. The summed E-state index contributed by atoms with van der Waals surface area (Å²) in [4.78, 5) is 40.7. The van der Waals surface area contributed by atoms with Gasteiger partial charge in [0.05, 0.1) is 17.6 Å². The van der Waals surface area contributed by atoms with Crippen LogP contribution in [0.15, 0.2) is 64.2 Å². The lowest BCUT2D eigenvalue weighted by Gasteiger charge is -2.16. The van der Waals surface area contributed by atoms with Gasteiger partial charge in [0.25, 0.3) is 0 Å². The van der Waals surface area contributed by atoms with Crippen molar-refractivity contribution in [3.05, 3.63) is 80.9 Å². The number of carbonyl (C=O) groups excluding carboxylic acids is 1. The summed E-state index contributed by atoms with van der Waals surface area (Å²) < 4.78 is 2.77. The van der Waals surface area contributed by atoms with Crippen molar-refractivity contribution in [1.29, 1.82) is 0 Å². The highest BCUT2D eigenvalue weighted by molar-refractivity contribution is 5.80. The van der Waals surface area contributed by atoms with E-state index in [0.29, 0.717) is 24.1 Å². The molecule has 0 spiro atoms. The summed E-state index contributed by atoms with van der Waals surface area (Å²) in [7, 11) is 0. The Bertz CT molecular complexity index is 1160. The van der Waals surface area contributed by atoms with Crippen molar-refractivity contribution < 1.29 is 4.79 Å². The number of fused-ring (bicyclic) bond motifs is 1. The molecule has 1 fully saturated rings. The number of rotatable bonds is 8. The van der Waals surface area contributed by atoms with Crippen molar-refractivity contribution in [3.8, 4) is 0 Å². The summed E-state index contributed by atoms with van der Waals surface area (Å²) in [6.07, 6.45) is 3.37. The molecule has 2 heterocycles. The van der Waals surface area contributed by atoms with Gasteiger partial charge in [0.15, 0.2) is 0 Å². The van der Waals surface area contributed by atoms with Crippen LogP contribution < -0.4 is 16.4 Å². The third-order valence-corrected chi connectivity index (χ3v) is 5.79. The second kappa shape index (κ2) is 9.75. The molecule has 1 aliphatic heterocycles. The molecule has 0 radical (unpaired) electrons. The first kappa shape index (κ1) is 21.1. The minimum absolute atomic E-state index is 0.162. The zero-order valence-electron chi connectivity index (χ0n) is 17.6. The molecule has 7 heteroatoms. The fraction of sp³-hybridized carbons (Fsp3) is 0.375. The van der Waals surface area contributed by atoms with Crippen LogP contribution in [0.25, 0.3) is 11.0 Å². The van der Waals surface area contributed by atoms with Crippen molar-refractivity contribution in [1.82, 2.24) is 19.4 Å². The smallest absolute Gasteiger partial charge is 0.317 e. The molecule has 1 amide bonds. The SMILES string of the molecule is O=C(Cn1c(=O)c(=O)n(Cc2ccccc2)c2ccccc21)NCCCN1CCCC1. The van der Waals surface area contributed by atoms with E-state index in [1.807, 2.05) is 48.5 Å². The number of nitrogens with one attached hydrogen (secondary N) is 1. The van der Waals surface area contributed by atoms with Crippen molar-refractivity contribution in [3.63, 3.8) is 0 Å². The monoisotopic (exact) mass is 420 g/mol. The fourth-order valence-electron chi connectivity index (χ4n) is 4.19. The van der Waals surface area contributed by atoms with E-state index in [1.54, 1.807) is 6.07 Å². The van der Waals surface area contributed by atoms with Crippen LogP contribution in [0.4, 0.5) is 0 Å². The van der Waals surface area contributed by atoms with Crippen LogP contribution in [0.1, 0.15) is 24.8 Å². The average molecular weight is 421 g/mol. The Morgan fingerprint density at radius 2 is 1.45 bits per heavy atom. The lowest BCUT2D eigenvalue weighted by molar-refractivity contribution is -0.121. The lowest BCUT2D eigenvalue weighted by Crippen LogP contribution is -2.44. The van der Waals surface area contributed by atoms with E-state index in [9.17, 15) is 14.4 Å². The summed E-state index contributed by atoms with van der Waals surface area (Å²) in [5.41, 5.74) is 0.849. The highest BCUT2D eigenvalue weighted by Crippen LogP contribution is 2.12. The molecule has 0 saturated carbocycles. The molecule has 162 valence electrons. The topological polar surface area (TPSA) is 76.3 Å². The number of nitrogens with zero attached hydrogens (tertiary/aromatic N) is 3. The number of para-hydroxylation sites is 2. The molecule has 0 bridgehead atoms. The van der Waals surface area contributed by atoms with Gasteiger partial charge in [0, 0.05) is 6.54 Å². The van der Waals surface area contributed by atoms with Gasteiger partial charge in [0.1, 0.15) is 6.54 Å². The predicted molar refractivity (Wildman–Crippen MR) is 121 cm³/mol.